The molecule has 0 spiro atoms. The molecule has 28 heavy (non-hydrogen) atoms. The largest absolute Gasteiger partial charge is 0.465 e. The van der Waals surface area contributed by atoms with Gasteiger partial charge in [0.05, 0.1) is 31.8 Å². The second-order valence-corrected chi connectivity index (χ2v) is 5.22. The number of nitro groups is 1. The van der Waals surface area contributed by atoms with E-state index >= 15 is 0 Å². The van der Waals surface area contributed by atoms with Crippen molar-refractivity contribution >= 4 is 23.6 Å². The van der Waals surface area contributed by atoms with Crippen molar-refractivity contribution in [1.29, 1.82) is 0 Å². The minimum absolute atomic E-state index is 0.00386. The summed E-state index contributed by atoms with van der Waals surface area (Å²) in [5.41, 5.74) is -0.776. The van der Waals surface area contributed by atoms with Crippen LogP contribution in [-0.2, 0) is 14.2 Å². The molecule has 0 radical (unpaired) electrons. The molecule has 0 N–H and O–H groups in total. The molecular weight excluding hydrogens is 374 g/mol. The first-order chi connectivity index (χ1) is 13.3. The van der Waals surface area contributed by atoms with E-state index in [1.165, 1.54) is 31.4 Å². The molecule has 2 aromatic rings. The predicted molar refractivity (Wildman–Crippen MR) is 93.6 cm³/mol. The van der Waals surface area contributed by atoms with Gasteiger partial charge in [-0.1, -0.05) is 0 Å². The molecule has 10 nitrogen and oxygen atoms in total. The van der Waals surface area contributed by atoms with Crippen molar-refractivity contribution in [2.24, 2.45) is 0 Å². The monoisotopic (exact) mass is 389 g/mol. The maximum Gasteiger partial charge on any atom is 0.345 e. The Morgan fingerprint density at radius 3 is 2.00 bits per heavy atom. The maximum atomic E-state index is 12.0. The molecule has 0 fully saturated rings. The molecule has 10 heteroatoms. The number of nitro benzene ring substituents is 1. The summed E-state index contributed by atoms with van der Waals surface area (Å²) < 4.78 is 19.4. The first-order valence-corrected chi connectivity index (χ1v) is 7.67. The van der Waals surface area contributed by atoms with Gasteiger partial charge in [-0.15, -0.1) is 0 Å². The number of ether oxygens (including phenoxy) is 4. The average molecular weight is 389 g/mol. The highest BCUT2D eigenvalue weighted by Crippen LogP contribution is 2.31. The Morgan fingerprint density at radius 1 is 0.821 bits per heavy atom. The van der Waals surface area contributed by atoms with Gasteiger partial charge in [0, 0.05) is 12.1 Å². The molecule has 2 rings (SSSR count). The van der Waals surface area contributed by atoms with E-state index < -0.39 is 28.5 Å². The molecule has 0 unspecified atom stereocenters. The Bertz CT molecular complexity index is 952. The molecule has 0 atom stereocenters. The minimum Gasteiger partial charge on any atom is -0.465 e. The highest BCUT2D eigenvalue weighted by Gasteiger charge is 2.23. The number of benzene rings is 2. The van der Waals surface area contributed by atoms with Crippen molar-refractivity contribution in [3.63, 3.8) is 0 Å². The number of hydrogen-bond acceptors (Lipinski definition) is 9. The third-order valence-corrected chi connectivity index (χ3v) is 3.60. The van der Waals surface area contributed by atoms with Crippen LogP contribution in [0.2, 0.25) is 0 Å². The summed E-state index contributed by atoms with van der Waals surface area (Å²) in [6.07, 6.45) is 0. The van der Waals surface area contributed by atoms with Gasteiger partial charge in [0.15, 0.2) is 0 Å². The summed E-state index contributed by atoms with van der Waals surface area (Å²) >= 11 is 0. The van der Waals surface area contributed by atoms with Gasteiger partial charge in [-0.25, -0.2) is 14.4 Å². The number of rotatable bonds is 6. The van der Waals surface area contributed by atoms with Crippen molar-refractivity contribution in [2.75, 3.05) is 21.3 Å². The van der Waals surface area contributed by atoms with E-state index in [1.54, 1.807) is 0 Å². The fourth-order valence-corrected chi connectivity index (χ4v) is 2.27. The molecule has 0 heterocycles. The molecule has 0 aliphatic carbocycles. The smallest absolute Gasteiger partial charge is 0.345 e. The van der Waals surface area contributed by atoms with Gasteiger partial charge in [-0.05, 0) is 24.3 Å². The van der Waals surface area contributed by atoms with Crippen LogP contribution in [0.5, 0.6) is 11.5 Å². The minimum atomic E-state index is -0.925. The van der Waals surface area contributed by atoms with Crippen molar-refractivity contribution in [3.8, 4) is 11.5 Å². The normalized spacial score (nSPS) is 9.96. The summed E-state index contributed by atoms with van der Waals surface area (Å²) in [4.78, 5) is 45.9. The second kappa shape index (κ2) is 8.62. The zero-order valence-corrected chi connectivity index (χ0v) is 15.1. The number of carbonyl (C=O) groups is 3. The molecule has 0 aliphatic rings. The lowest BCUT2D eigenvalue weighted by molar-refractivity contribution is -0.385. The molecule has 2 aromatic carbocycles. The van der Waals surface area contributed by atoms with Gasteiger partial charge < -0.3 is 18.9 Å². The van der Waals surface area contributed by atoms with Crippen LogP contribution < -0.4 is 4.74 Å². The van der Waals surface area contributed by atoms with E-state index in [-0.39, 0.29) is 28.2 Å². The summed E-state index contributed by atoms with van der Waals surface area (Å²) in [5.74, 6) is -2.34. The van der Waals surface area contributed by atoms with E-state index in [1.807, 2.05) is 0 Å². The zero-order chi connectivity index (χ0) is 20.8. The lowest BCUT2D eigenvalue weighted by Crippen LogP contribution is -2.08. The number of nitrogens with zero attached hydrogens (tertiary/aromatic N) is 1. The van der Waals surface area contributed by atoms with E-state index in [0.29, 0.717) is 0 Å². The predicted octanol–water partition coefficient (Wildman–Crippen LogP) is 2.75. The summed E-state index contributed by atoms with van der Waals surface area (Å²) in [6.45, 7) is 0. The third-order valence-electron chi connectivity index (χ3n) is 3.60. The summed E-state index contributed by atoms with van der Waals surface area (Å²) in [7, 11) is 3.43. The topological polar surface area (TPSA) is 131 Å². The quantitative estimate of drug-likeness (QED) is 0.316. The highest BCUT2D eigenvalue weighted by atomic mass is 16.6. The van der Waals surface area contributed by atoms with E-state index in [2.05, 4.69) is 14.2 Å². The van der Waals surface area contributed by atoms with Crippen LogP contribution in [0.1, 0.15) is 31.1 Å². The molecule has 0 amide bonds. The van der Waals surface area contributed by atoms with Crippen molar-refractivity contribution in [2.45, 2.75) is 0 Å². The molecule has 0 bridgehead atoms. The standard InChI is InChI=1S/C18H15NO9/c1-25-16(20)10-4-7-15(13(8-10)18(22)27-3)28-11-5-6-14(19(23)24)12(9-11)17(21)26-2/h4-9H,1-3H3. The lowest BCUT2D eigenvalue weighted by atomic mass is 10.1. The third kappa shape index (κ3) is 4.23. The van der Waals surface area contributed by atoms with Crippen LogP contribution in [0.4, 0.5) is 5.69 Å². The van der Waals surface area contributed by atoms with Crippen molar-refractivity contribution in [1.82, 2.24) is 0 Å². The fourth-order valence-electron chi connectivity index (χ4n) is 2.27. The first kappa shape index (κ1) is 20.4. The molecule has 0 aliphatic heterocycles. The van der Waals surface area contributed by atoms with Gasteiger partial charge in [0.2, 0.25) is 0 Å². The number of hydrogen-bond donors (Lipinski definition) is 0. The van der Waals surface area contributed by atoms with Gasteiger partial charge >= 0.3 is 17.9 Å². The second-order valence-electron chi connectivity index (χ2n) is 5.22. The SMILES string of the molecule is COC(=O)c1ccc(Oc2ccc([N+](=O)[O-])c(C(=O)OC)c2)c(C(=O)OC)c1. The lowest BCUT2D eigenvalue weighted by Gasteiger charge is -2.12. The van der Waals surface area contributed by atoms with Crippen LogP contribution in [-0.4, -0.2) is 44.2 Å². The van der Waals surface area contributed by atoms with Crippen LogP contribution in [0.3, 0.4) is 0 Å². The van der Waals surface area contributed by atoms with Crippen LogP contribution >= 0.6 is 0 Å². The molecule has 0 saturated carbocycles. The highest BCUT2D eigenvalue weighted by molar-refractivity contribution is 5.97. The number of esters is 3. The molecular formula is C18H15NO9. The van der Waals surface area contributed by atoms with Crippen molar-refractivity contribution in [3.05, 3.63) is 63.2 Å². The Labute approximate surface area is 158 Å². The van der Waals surface area contributed by atoms with Gasteiger partial charge in [0.25, 0.3) is 5.69 Å². The fraction of sp³-hybridized carbons (Fsp3) is 0.167. The van der Waals surface area contributed by atoms with E-state index in [4.69, 9.17) is 4.74 Å². The molecule has 0 aromatic heterocycles. The maximum absolute atomic E-state index is 12.0. The van der Waals surface area contributed by atoms with Gasteiger partial charge in [-0.2, -0.15) is 0 Å². The van der Waals surface area contributed by atoms with E-state index in [9.17, 15) is 24.5 Å². The van der Waals surface area contributed by atoms with E-state index in [0.717, 1.165) is 26.4 Å². The Hall–Kier alpha value is -3.95. The first-order valence-electron chi connectivity index (χ1n) is 7.67. The van der Waals surface area contributed by atoms with Gasteiger partial charge in [0.1, 0.15) is 22.6 Å². The Morgan fingerprint density at radius 2 is 1.43 bits per heavy atom. The van der Waals surface area contributed by atoms with Crippen LogP contribution in [0, 0.1) is 10.1 Å². The van der Waals surface area contributed by atoms with Gasteiger partial charge in [-0.3, -0.25) is 10.1 Å². The Balaban J connectivity index is 2.49. The summed E-state index contributed by atoms with van der Waals surface area (Å²) in [5, 5.41) is 11.1. The Kier molecular flexibility index (Phi) is 6.27. The number of carbonyl (C=O) groups excluding carboxylic acids is 3. The molecule has 0 saturated heterocycles. The average Bonchev–Trinajstić information content (AvgIpc) is 2.71. The van der Waals surface area contributed by atoms with Crippen molar-refractivity contribution < 1.29 is 38.3 Å². The summed E-state index contributed by atoms with van der Waals surface area (Å²) in [6, 6.07) is 7.35. The van der Waals surface area contributed by atoms with Crippen LogP contribution in [0.25, 0.3) is 0 Å². The zero-order valence-electron chi connectivity index (χ0n) is 15.1. The van der Waals surface area contributed by atoms with Crippen LogP contribution in [0.15, 0.2) is 36.4 Å². The molecule has 146 valence electrons. The number of methoxy groups -OCH3 is 3.